The Morgan fingerprint density at radius 3 is 2.94 bits per heavy atom. The number of nitrogens with one attached hydrogen (secondary N) is 3. The van der Waals surface area contributed by atoms with Crippen LogP contribution >= 0.6 is 0 Å². The Morgan fingerprint density at radius 1 is 1.56 bits per heavy atom. The van der Waals surface area contributed by atoms with E-state index in [9.17, 15) is 14.4 Å². The molecule has 0 aromatic rings. The van der Waals surface area contributed by atoms with Crippen LogP contribution in [0, 0.1) is 11.3 Å². The van der Waals surface area contributed by atoms with Crippen LogP contribution in [-0.4, -0.2) is 54.5 Å². The summed E-state index contributed by atoms with van der Waals surface area (Å²) >= 11 is 0. The summed E-state index contributed by atoms with van der Waals surface area (Å²) in [6.45, 7) is 0.539. The van der Waals surface area contributed by atoms with E-state index in [4.69, 9.17) is 5.26 Å². The van der Waals surface area contributed by atoms with Gasteiger partial charge in [0.25, 0.3) is 5.91 Å². The largest absolute Gasteiger partial charge is 0.341 e. The molecular formula is C10H13N5O3. The lowest BCUT2D eigenvalue weighted by molar-refractivity contribution is -0.134. The van der Waals surface area contributed by atoms with Crippen molar-refractivity contribution in [1.29, 1.82) is 5.26 Å². The number of nitriles is 1. The highest BCUT2D eigenvalue weighted by Gasteiger charge is 2.52. The summed E-state index contributed by atoms with van der Waals surface area (Å²) in [5, 5.41) is 16.2. The topological polar surface area (TPSA) is 114 Å². The standard InChI is InChI=1S/C10H13N5O3/c11-2-4-13-7(16)5-15-8(17)10(14-9(15)18)1-3-12-6-10/h12H,1,3-6H2,(H,13,16)(H,14,18). The molecule has 0 aromatic heterocycles. The molecule has 4 amide bonds. The van der Waals surface area contributed by atoms with Crippen molar-refractivity contribution in [1.82, 2.24) is 20.9 Å². The van der Waals surface area contributed by atoms with Crippen molar-refractivity contribution in [2.24, 2.45) is 0 Å². The van der Waals surface area contributed by atoms with Crippen LogP contribution in [0.4, 0.5) is 4.79 Å². The van der Waals surface area contributed by atoms with E-state index in [1.54, 1.807) is 6.07 Å². The van der Waals surface area contributed by atoms with E-state index in [-0.39, 0.29) is 19.0 Å². The minimum Gasteiger partial charge on any atom is -0.341 e. The highest BCUT2D eigenvalue weighted by Crippen LogP contribution is 2.23. The first-order valence-corrected chi connectivity index (χ1v) is 5.57. The second-order valence-electron chi connectivity index (χ2n) is 4.27. The van der Waals surface area contributed by atoms with Gasteiger partial charge in [0.15, 0.2) is 0 Å². The lowest BCUT2D eigenvalue weighted by atomic mass is 9.99. The molecule has 2 fully saturated rings. The molecule has 0 aliphatic carbocycles. The fourth-order valence-corrected chi connectivity index (χ4v) is 2.14. The molecule has 2 aliphatic heterocycles. The molecule has 1 spiro atoms. The zero-order chi connectivity index (χ0) is 13.2. The lowest BCUT2D eigenvalue weighted by Gasteiger charge is -2.18. The average Bonchev–Trinajstić information content (AvgIpc) is 2.89. The van der Waals surface area contributed by atoms with Gasteiger partial charge in [0.1, 0.15) is 18.6 Å². The van der Waals surface area contributed by atoms with Gasteiger partial charge in [-0.3, -0.25) is 14.5 Å². The smallest absolute Gasteiger partial charge is 0.325 e. The van der Waals surface area contributed by atoms with Crippen LogP contribution in [0.3, 0.4) is 0 Å². The van der Waals surface area contributed by atoms with Crippen molar-refractivity contribution in [3.05, 3.63) is 0 Å². The number of amides is 4. The summed E-state index contributed by atoms with van der Waals surface area (Å²) in [6.07, 6.45) is 0.522. The van der Waals surface area contributed by atoms with Crippen molar-refractivity contribution in [3.8, 4) is 6.07 Å². The van der Waals surface area contributed by atoms with E-state index < -0.39 is 17.5 Å². The van der Waals surface area contributed by atoms with E-state index >= 15 is 0 Å². The summed E-state index contributed by atoms with van der Waals surface area (Å²) in [4.78, 5) is 36.1. The Labute approximate surface area is 103 Å². The molecule has 0 saturated carbocycles. The van der Waals surface area contributed by atoms with Crippen molar-refractivity contribution in [2.45, 2.75) is 12.0 Å². The fraction of sp³-hybridized carbons (Fsp3) is 0.600. The zero-order valence-corrected chi connectivity index (χ0v) is 9.65. The Balaban J connectivity index is 2.01. The molecule has 2 aliphatic rings. The van der Waals surface area contributed by atoms with Gasteiger partial charge in [0.05, 0.1) is 6.07 Å². The highest BCUT2D eigenvalue weighted by molar-refractivity contribution is 6.09. The molecule has 18 heavy (non-hydrogen) atoms. The third-order valence-corrected chi connectivity index (χ3v) is 3.07. The molecule has 0 bridgehead atoms. The maximum absolute atomic E-state index is 12.1. The summed E-state index contributed by atoms with van der Waals surface area (Å²) < 4.78 is 0. The highest BCUT2D eigenvalue weighted by atomic mass is 16.2. The van der Waals surface area contributed by atoms with Crippen LogP contribution in [-0.2, 0) is 9.59 Å². The monoisotopic (exact) mass is 251 g/mol. The minimum absolute atomic E-state index is 0.144. The van der Waals surface area contributed by atoms with Crippen LogP contribution in [0.25, 0.3) is 0 Å². The van der Waals surface area contributed by atoms with Crippen molar-refractivity contribution < 1.29 is 14.4 Å². The molecule has 8 heteroatoms. The number of imide groups is 1. The fourth-order valence-electron chi connectivity index (χ4n) is 2.14. The summed E-state index contributed by atoms with van der Waals surface area (Å²) in [5.74, 6) is -0.910. The first-order chi connectivity index (χ1) is 8.59. The molecular weight excluding hydrogens is 238 g/mol. The SMILES string of the molecule is N#CCNC(=O)CN1C(=O)NC2(CCNC2)C1=O. The predicted molar refractivity (Wildman–Crippen MR) is 59.1 cm³/mol. The van der Waals surface area contributed by atoms with Gasteiger partial charge in [-0.25, -0.2) is 4.79 Å². The van der Waals surface area contributed by atoms with E-state index in [0.29, 0.717) is 19.5 Å². The second kappa shape index (κ2) is 4.62. The Morgan fingerprint density at radius 2 is 2.33 bits per heavy atom. The molecule has 2 rings (SSSR count). The number of carbonyl (C=O) groups is 3. The molecule has 96 valence electrons. The molecule has 1 atom stereocenters. The van der Waals surface area contributed by atoms with Gasteiger partial charge in [0.2, 0.25) is 5.91 Å². The van der Waals surface area contributed by atoms with Gasteiger partial charge >= 0.3 is 6.03 Å². The van der Waals surface area contributed by atoms with Crippen molar-refractivity contribution >= 4 is 17.8 Å². The number of carbonyl (C=O) groups excluding carboxylic acids is 3. The molecule has 0 radical (unpaired) electrons. The normalized spacial score (nSPS) is 26.3. The molecule has 3 N–H and O–H groups in total. The number of nitrogens with zero attached hydrogens (tertiary/aromatic N) is 2. The first kappa shape index (κ1) is 12.3. The first-order valence-electron chi connectivity index (χ1n) is 5.57. The molecule has 1 unspecified atom stereocenters. The van der Waals surface area contributed by atoms with Gasteiger partial charge in [0, 0.05) is 6.54 Å². The van der Waals surface area contributed by atoms with Crippen LogP contribution in [0.5, 0.6) is 0 Å². The van der Waals surface area contributed by atoms with Gasteiger partial charge in [-0.2, -0.15) is 5.26 Å². The number of urea groups is 1. The molecule has 2 saturated heterocycles. The Bertz CT molecular complexity index is 435. The second-order valence-corrected chi connectivity index (χ2v) is 4.27. The van der Waals surface area contributed by atoms with E-state index in [1.165, 1.54) is 0 Å². The van der Waals surface area contributed by atoms with Crippen LogP contribution in [0.2, 0.25) is 0 Å². The predicted octanol–water partition coefficient (Wildman–Crippen LogP) is -2.09. The van der Waals surface area contributed by atoms with E-state index in [1.807, 2.05) is 0 Å². The Kier molecular flexibility index (Phi) is 3.16. The van der Waals surface area contributed by atoms with Gasteiger partial charge in [-0.1, -0.05) is 0 Å². The summed E-state index contributed by atoms with van der Waals surface area (Å²) in [6, 6.07) is 1.19. The maximum Gasteiger partial charge on any atom is 0.325 e. The molecule has 8 nitrogen and oxygen atoms in total. The number of hydrogen-bond donors (Lipinski definition) is 3. The van der Waals surface area contributed by atoms with Gasteiger partial charge in [-0.15, -0.1) is 0 Å². The van der Waals surface area contributed by atoms with Crippen LogP contribution in [0.1, 0.15) is 6.42 Å². The third-order valence-electron chi connectivity index (χ3n) is 3.07. The zero-order valence-electron chi connectivity index (χ0n) is 9.65. The van der Waals surface area contributed by atoms with E-state index in [2.05, 4.69) is 16.0 Å². The van der Waals surface area contributed by atoms with E-state index in [0.717, 1.165) is 4.90 Å². The van der Waals surface area contributed by atoms with Gasteiger partial charge in [-0.05, 0) is 13.0 Å². The maximum atomic E-state index is 12.1. The summed E-state index contributed by atoms with van der Waals surface area (Å²) in [7, 11) is 0. The Hall–Kier alpha value is -2.14. The van der Waals surface area contributed by atoms with Crippen LogP contribution in [0.15, 0.2) is 0 Å². The lowest BCUT2D eigenvalue weighted by Crippen LogP contribution is -2.49. The minimum atomic E-state index is -0.896. The number of hydrogen-bond acceptors (Lipinski definition) is 5. The average molecular weight is 251 g/mol. The summed E-state index contributed by atoms with van der Waals surface area (Å²) in [5.41, 5.74) is -0.896. The molecule has 2 heterocycles. The molecule has 0 aromatic carbocycles. The van der Waals surface area contributed by atoms with Crippen molar-refractivity contribution in [3.63, 3.8) is 0 Å². The third kappa shape index (κ3) is 2.00. The van der Waals surface area contributed by atoms with Crippen LogP contribution < -0.4 is 16.0 Å². The van der Waals surface area contributed by atoms with Crippen molar-refractivity contribution in [2.75, 3.05) is 26.2 Å². The quantitative estimate of drug-likeness (QED) is 0.393. The number of rotatable bonds is 3. The van der Waals surface area contributed by atoms with Gasteiger partial charge < -0.3 is 16.0 Å².